The fourth-order valence-electron chi connectivity index (χ4n) is 4.03. The maximum absolute atomic E-state index is 13.1. The van der Waals surface area contributed by atoms with E-state index in [9.17, 15) is 4.79 Å². The van der Waals surface area contributed by atoms with Crippen LogP contribution in [0.3, 0.4) is 0 Å². The molecule has 138 valence electrons. The Morgan fingerprint density at radius 2 is 1.88 bits per heavy atom. The van der Waals surface area contributed by atoms with Gasteiger partial charge in [-0.2, -0.15) is 5.10 Å². The van der Waals surface area contributed by atoms with Gasteiger partial charge in [0, 0.05) is 36.8 Å². The predicted molar refractivity (Wildman–Crippen MR) is 99.7 cm³/mol. The Morgan fingerprint density at radius 1 is 1.12 bits per heavy atom. The lowest BCUT2D eigenvalue weighted by atomic mass is 10.1. The van der Waals surface area contributed by atoms with Crippen LogP contribution in [-0.2, 0) is 4.74 Å². The van der Waals surface area contributed by atoms with Crippen LogP contribution < -0.4 is 0 Å². The zero-order valence-corrected chi connectivity index (χ0v) is 15.7. The second-order valence-electron chi connectivity index (χ2n) is 7.59. The van der Waals surface area contributed by atoms with Crippen LogP contribution in [0.15, 0.2) is 30.3 Å². The Morgan fingerprint density at radius 3 is 2.58 bits per heavy atom. The number of carbonyl (C=O) groups excluding carboxylic acids is 1. The van der Waals surface area contributed by atoms with Gasteiger partial charge in [0.2, 0.25) is 0 Å². The van der Waals surface area contributed by atoms with Gasteiger partial charge in [-0.25, -0.2) is 4.68 Å². The summed E-state index contributed by atoms with van der Waals surface area (Å²) in [5.74, 6) is 0.488. The molecular formula is C20H26N4O2. The number of ether oxygens (including phenoxy) is 1. The molecule has 1 aromatic carbocycles. The Labute approximate surface area is 154 Å². The number of rotatable bonds is 2. The summed E-state index contributed by atoms with van der Waals surface area (Å²) in [5.41, 5.74) is 3.79. The van der Waals surface area contributed by atoms with Gasteiger partial charge in [0.05, 0.1) is 30.6 Å². The molecular weight excluding hydrogens is 328 g/mol. The van der Waals surface area contributed by atoms with Gasteiger partial charge in [-0.1, -0.05) is 0 Å². The maximum Gasteiger partial charge on any atom is 0.253 e. The number of fused-ring (bicyclic) bond motifs is 3. The summed E-state index contributed by atoms with van der Waals surface area (Å²) in [4.78, 5) is 17.4. The van der Waals surface area contributed by atoms with Gasteiger partial charge >= 0.3 is 0 Å². The van der Waals surface area contributed by atoms with Gasteiger partial charge in [0.15, 0.2) is 0 Å². The first-order chi connectivity index (χ1) is 12.5. The van der Waals surface area contributed by atoms with E-state index >= 15 is 0 Å². The first-order valence-corrected chi connectivity index (χ1v) is 9.22. The molecule has 2 saturated heterocycles. The lowest BCUT2D eigenvalue weighted by Crippen LogP contribution is -2.44. The van der Waals surface area contributed by atoms with Crippen LogP contribution in [0.2, 0.25) is 0 Å². The molecule has 0 radical (unpaired) electrons. The first kappa shape index (κ1) is 17.2. The maximum atomic E-state index is 13.1. The van der Waals surface area contributed by atoms with Crippen LogP contribution in [0.4, 0.5) is 0 Å². The topological polar surface area (TPSA) is 50.6 Å². The second-order valence-corrected chi connectivity index (χ2v) is 7.59. The summed E-state index contributed by atoms with van der Waals surface area (Å²) in [7, 11) is 2.13. The lowest BCUT2D eigenvalue weighted by Gasteiger charge is -2.29. The summed E-state index contributed by atoms with van der Waals surface area (Å²) in [6.07, 6.45) is 0. The number of aryl methyl sites for hydroxylation is 2. The zero-order chi connectivity index (χ0) is 18.3. The van der Waals surface area contributed by atoms with Crippen molar-refractivity contribution >= 4 is 5.91 Å². The number of amides is 1. The number of benzene rings is 1. The Kier molecular flexibility index (Phi) is 4.54. The number of hydrogen-bond donors (Lipinski definition) is 0. The Hall–Kier alpha value is -2.18. The average Bonchev–Trinajstić information content (AvgIpc) is 2.76. The fourth-order valence-corrected chi connectivity index (χ4v) is 4.03. The smallest absolute Gasteiger partial charge is 0.253 e. The summed E-state index contributed by atoms with van der Waals surface area (Å²) < 4.78 is 7.66. The van der Waals surface area contributed by atoms with Crippen LogP contribution in [0.25, 0.3) is 5.69 Å². The molecule has 2 fully saturated rings. The average molecular weight is 354 g/mol. The van der Waals surface area contributed by atoms with Crippen molar-refractivity contribution in [2.45, 2.75) is 19.9 Å². The molecule has 1 aromatic heterocycles. The SMILES string of the molecule is Cc1cc(C)n(-c2ccc(C(=O)N3C[C@@H]4COC[C@H](C3)N(C)C4)cc2)n1. The molecule has 26 heavy (non-hydrogen) atoms. The molecule has 3 heterocycles. The highest BCUT2D eigenvalue weighted by Crippen LogP contribution is 2.21. The molecule has 6 nitrogen and oxygen atoms in total. The van der Waals surface area contributed by atoms with Crippen molar-refractivity contribution in [2.24, 2.45) is 5.92 Å². The number of likely N-dealkylation sites (N-methyl/N-ethyl adjacent to an activating group) is 1. The summed E-state index contributed by atoms with van der Waals surface area (Å²) in [6.45, 7) is 7.94. The highest BCUT2D eigenvalue weighted by atomic mass is 16.5. The van der Waals surface area contributed by atoms with E-state index in [2.05, 4.69) is 17.0 Å². The molecule has 2 aliphatic heterocycles. The van der Waals surface area contributed by atoms with Crippen molar-refractivity contribution < 1.29 is 9.53 Å². The largest absolute Gasteiger partial charge is 0.379 e. The fraction of sp³-hybridized carbons (Fsp3) is 0.500. The van der Waals surface area contributed by atoms with E-state index in [-0.39, 0.29) is 11.9 Å². The van der Waals surface area contributed by atoms with Gasteiger partial charge in [-0.15, -0.1) is 0 Å². The molecule has 4 rings (SSSR count). The molecule has 2 bridgehead atoms. The van der Waals surface area contributed by atoms with Crippen molar-refractivity contribution in [3.05, 3.63) is 47.3 Å². The molecule has 0 unspecified atom stereocenters. The minimum Gasteiger partial charge on any atom is -0.379 e. The summed E-state index contributed by atoms with van der Waals surface area (Å²) >= 11 is 0. The van der Waals surface area contributed by atoms with E-state index in [1.54, 1.807) is 0 Å². The second kappa shape index (κ2) is 6.85. The molecule has 2 aliphatic rings. The van der Waals surface area contributed by atoms with Crippen molar-refractivity contribution in [3.8, 4) is 5.69 Å². The van der Waals surface area contributed by atoms with Crippen molar-refractivity contribution in [1.82, 2.24) is 19.6 Å². The van der Waals surface area contributed by atoms with Crippen molar-refractivity contribution in [2.75, 3.05) is 39.9 Å². The van der Waals surface area contributed by atoms with Gasteiger partial charge < -0.3 is 9.64 Å². The van der Waals surface area contributed by atoms with E-state index in [4.69, 9.17) is 4.74 Å². The number of hydrogen-bond acceptors (Lipinski definition) is 4. The number of aromatic nitrogens is 2. The quantitative estimate of drug-likeness (QED) is 0.826. The van der Waals surface area contributed by atoms with E-state index < -0.39 is 0 Å². The standard InChI is InChI=1S/C20H26N4O2/c1-14-8-15(2)24(21-14)18-6-4-17(5-7-18)20(25)23-10-16-9-22(3)19(11-23)13-26-12-16/h4-8,16,19H,9-13H2,1-3H3/t16-,19+/m1/s1. The van der Waals surface area contributed by atoms with Crippen LogP contribution >= 0.6 is 0 Å². The molecule has 0 aliphatic carbocycles. The zero-order valence-electron chi connectivity index (χ0n) is 15.7. The minimum absolute atomic E-state index is 0.108. The number of carbonyl (C=O) groups is 1. The molecule has 0 N–H and O–H groups in total. The summed E-state index contributed by atoms with van der Waals surface area (Å²) in [5, 5.41) is 4.51. The van der Waals surface area contributed by atoms with Gasteiger partial charge in [-0.05, 0) is 51.2 Å². The normalized spacial score (nSPS) is 23.7. The van der Waals surface area contributed by atoms with E-state index in [1.807, 2.05) is 53.8 Å². The molecule has 6 heteroatoms. The number of nitrogens with zero attached hydrogens (tertiary/aromatic N) is 4. The van der Waals surface area contributed by atoms with E-state index in [1.165, 1.54) is 0 Å². The third kappa shape index (κ3) is 3.27. The lowest BCUT2D eigenvalue weighted by molar-refractivity contribution is 0.0434. The Bertz CT molecular complexity index is 799. The highest BCUT2D eigenvalue weighted by molar-refractivity contribution is 5.94. The van der Waals surface area contributed by atoms with Gasteiger partial charge in [0.1, 0.15) is 0 Å². The van der Waals surface area contributed by atoms with Gasteiger partial charge in [-0.3, -0.25) is 9.69 Å². The van der Waals surface area contributed by atoms with E-state index in [0.29, 0.717) is 12.5 Å². The third-order valence-electron chi connectivity index (χ3n) is 5.40. The van der Waals surface area contributed by atoms with Crippen molar-refractivity contribution in [3.63, 3.8) is 0 Å². The predicted octanol–water partition coefficient (Wildman–Crippen LogP) is 1.89. The van der Waals surface area contributed by atoms with Crippen LogP contribution in [0, 0.1) is 19.8 Å². The third-order valence-corrected chi connectivity index (χ3v) is 5.40. The van der Waals surface area contributed by atoms with Gasteiger partial charge in [0.25, 0.3) is 5.91 Å². The minimum atomic E-state index is 0.108. The highest BCUT2D eigenvalue weighted by Gasteiger charge is 2.33. The molecule has 1 amide bonds. The van der Waals surface area contributed by atoms with E-state index in [0.717, 1.165) is 48.9 Å². The monoisotopic (exact) mass is 354 g/mol. The van der Waals surface area contributed by atoms with Crippen LogP contribution in [-0.4, -0.2) is 71.4 Å². The molecule has 0 saturated carbocycles. The molecule has 0 spiro atoms. The summed E-state index contributed by atoms with van der Waals surface area (Å²) in [6, 6.07) is 10.1. The molecule has 2 aromatic rings. The van der Waals surface area contributed by atoms with Crippen LogP contribution in [0.5, 0.6) is 0 Å². The van der Waals surface area contributed by atoms with Crippen molar-refractivity contribution in [1.29, 1.82) is 0 Å². The molecule has 2 atom stereocenters. The Balaban J connectivity index is 1.54. The first-order valence-electron chi connectivity index (χ1n) is 9.22. The van der Waals surface area contributed by atoms with Crippen LogP contribution in [0.1, 0.15) is 21.7 Å².